The molecule has 0 aliphatic heterocycles. The number of hydrogen-bond acceptors (Lipinski definition) is 1. The lowest BCUT2D eigenvalue weighted by Crippen LogP contribution is -2.28. The maximum Gasteiger partial charge on any atom is 0.0408 e. The van der Waals surface area contributed by atoms with Gasteiger partial charge in [-0.2, -0.15) is 0 Å². The lowest BCUT2D eigenvalue weighted by molar-refractivity contribution is 0.533. The Morgan fingerprint density at radius 2 is 1.95 bits per heavy atom. The lowest BCUT2D eigenvalue weighted by atomic mass is 10.1. The fourth-order valence-corrected chi connectivity index (χ4v) is 3.01. The van der Waals surface area contributed by atoms with Gasteiger partial charge in [0, 0.05) is 17.6 Å². The Morgan fingerprint density at radius 3 is 2.79 bits per heavy atom. The number of aryl methyl sites for hydroxylation is 1. The zero-order valence-corrected chi connectivity index (χ0v) is 11.9. The van der Waals surface area contributed by atoms with Crippen LogP contribution in [-0.4, -0.2) is 6.04 Å². The van der Waals surface area contributed by atoms with Gasteiger partial charge < -0.3 is 5.32 Å². The molecule has 0 spiro atoms. The molecule has 19 heavy (non-hydrogen) atoms. The summed E-state index contributed by atoms with van der Waals surface area (Å²) in [5.74, 6) is 0. The van der Waals surface area contributed by atoms with Crippen LogP contribution in [0.25, 0.3) is 0 Å². The maximum absolute atomic E-state index is 6.04. The number of hydrogen-bond donors (Lipinski definition) is 1. The van der Waals surface area contributed by atoms with Gasteiger partial charge in [-0.05, 0) is 48.6 Å². The third kappa shape index (κ3) is 2.99. The SMILES string of the molecule is Cc1cccc(CNC2Cc3ccc(Cl)cc3C2)c1. The van der Waals surface area contributed by atoms with Crippen molar-refractivity contribution in [3.05, 3.63) is 69.7 Å². The van der Waals surface area contributed by atoms with Gasteiger partial charge in [0.1, 0.15) is 0 Å². The molecule has 3 rings (SSSR count). The van der Waals surface area contributed by atoms with E-state index in [4.69, 9.17) is 11.6 Å². The Bertz CT molecular complexity index is 592. The minimum Gasteiger partial charge on any atom is -0.309 e. The van der Waals surface area contributed by atoms with Crippen molar-refractivity contribution in [1.82, 2.24) is 5.32 Å². The Labute approximate surface area is 119 Å². The van der Waals surface area contributed by atoms with Crippen molar-refractivity contribution in [3.63, 3.8) is 0 Å². The molecule has 98 valence electrons. The molecule has 1 aliphatic carbocycles. The molecule has 1 atom stereocenters. The molecule has 1 aliphatic rings. The average Bonchev–Trinajstić information content (AvgIpc) is 2.78. The molecule has 0 saturated heterocycles. The molecule has 0 heterocycles. The van der Waals surface area contributed by atoms with Crippen LogP contribution in [0.3, 0.4) is 0 Å². The molecule has 2 aromatic rings. The highest BCUT2D eigenvalue weighted by atomic mass is 35.5. The standard InChI is InChI=1S/C17H18ClN/c1-12-3-2-4-13(7-12)11-19-17-9-14-5-6-16(18)8-15(14)10-17/h2-8,17,19H,9-11H2,1H3. The number of rotatable bonds is 3. The molecule has 0 amide bonds. The van der Waals surface area contributed by atoms with E-state index in [-0.39, 0.29) is 0 Å². The Balaban J connectivity index is 1.62. The average molecular weight is 272 g/mol. The number of nitrogens with one attached hydrogen (secondary N) is 1. The van der Waals surface area contributed by atoms with Crippen LogP contribution in [0.5, 0.6) is 0 Å². The molecular formula is C17H18ClN. The highest BCUT2D eigenvalue weighted by molar-refractivity contribution is 6.30. The van der Waals surface area contributed by atoms with Gasteiger partial charge in [0.05, 0.1) is 0 Å². The van der Waals surface area contributed by atoms with Crippen molar-refractivity contribution in [2.75, 3.05) is 0 Å². The monoisotopic (exact) mass is 271 g/mol. The number of benzene rings is 2. The quantitative estimate of drug-likeness (QED) is 0.893. The summed E-state index contributed by atoms with van der Waals surface area (Å²) in [4.78, 5) is 0. The van der Waals surface area contributed by atoms with E-state index in [9.17, 15) is 0 Å². The molecule has 2 heteroatoms. The molecule has 0 radical (unpaired) electrons. The minimum absolute atomic E-state index is 0.536. The first-order chi connectivity index (χ1) is 9.20. The summed E-state index contributed by atoms with van der Waals surface area (Å²) in [5, 5.41) is 4.49. The van der Waals surface area contributed by atoms with Crippen LogP contribution in [0, 0.1) is 6.92 Å². The van der Waals surface area contributed by atoms with Crippen LogP contribution in [0.1, 0.15) is 22.3 Å². The van der Waals surface area contributed by atoms with E-state index in [2.05, 4.69) is 48.6 Å². The lowest BCUT2D eigenvalue weighted by Gasteiger charge is -2.12. The van der Waals surface area contributed by atoms with Gasteiger partial charge in [-0.1, -0.05) is 47.5 Å². The highest BCUT2D eigenvalue weighted by Crippen LogP contribution is 2.25. The van der Waals surface area contributed by atoms with Gasteiger partial charge in [0.2, 0.25) is 0 Å². The summed E-state index contributed by atoms with van der Waals surface area (Å²) in [6.07, 6.45) is 2.19. The van der Waals surface area contributed by atoms with Crippen LogP contribution in [0.15, 0.2) is 42.5 Å². The summed E-state index contributed by atoms with van der Waals surface area (Å²) >= 11 is 6.04. The van der Waals surface area contributed by atoms with E-state index in [0.29, 0.717) is 6.04 Å². The van der Waals surface area contributed by atoms with E-state index in [1.165, 1.54) is 22.3 Å². The van der Waals surface area contributed by atoms with E-state index >= 15 is 0 Å². The largest absolute Gasteiger partial charge is 0.309 e. The third-order valence-electron chi connectivity index (χ3n) is 3.78. The van der Waals surface area contributed by atoms with Crippen LogP contribution in [-0.2, 0) is 19.4 Å². The topological polar surface area (TPSA) is 12.0 Å². The van der Waals surface area contributed by atoms with Crippen molar-refractivity contribution < 1.29 is 0 Å². The maximum atomic E-state index is 6.04. The van der Waals surface area contributed by atoms with Crippen molar-refractivity contribution in [3.8, 4) is 0 Å². The van der Waals surface area contributed by atoms with E-state index in [0.717, 1.165) is 24.4 Å². The summed E-state index contributed by atoms with van der Waals surface area (Å²) in [6, 6.07) is 15.5. The molecule has 0 saturated carbocycles. The summed E-state index contributed by atoms with van der Waals surface area (Å²) in [7, 11) is 0. The summed E-state index contributed by atoms with van der Waals surface area (Å²) in [6.45, 7) is 3.07. The van der Waals surface area contributed by atoms with Gasteiger partial charge in [-0.15, -0.1) is 0 Å². The molecule has 2 aromatic carbocycles. The van der Waals surface area contributed by atoms with Crippen molar-refractivity contribution in [2.24, 2.45) is 0 Å². The second-order valence-corrected chi connectivity index (χ2v) is 5.82. The number of fused-ring (bicyclic) bond motifs is 1. The van der Waals surface area contributed by atoms with Gasteiger partial charge in [0.25, 0.3) is 0 Å². The normalized spacial score (nSPS) is 17.5. The summed E-state index contributed by atoms with van der Waals surface area (Å²) < 4.78 is 0. The second-order valence-electron chi connectivity index (χ2n) is 5.39. The highest BCUT2D eigenvalue weighted by Gasteiger charge is 2.20. The first kappa shape index (κ1) is 12.7. The van der Waals surface area contributed by atoms with Gasteiger partial charge in [-0.25, -0.2) is 0 Å². The smallest absolute Gasteiger partial charge is 0.0408 e. The van der Waals surface area contributed by atoms with Crippen LogP contribution < -0.4 is 5.32 Å². The predicted molar refractivity (Wildman–Crippen MR) is 80.7 cm³/mol. The van der Waals surface area contributed by atoms with Crippen LogP contribution in [0.2, 0.25) is 5.02 Å². The Kier molecular flexibility index (Phi) is 3.58. The molecule has 1 nitrogen and oxygen atoms in total. The van der Waals surface area contributed by atoms with Gasteiger partial charge in [-0.3, -0.25) is 0 Å². The van der Waals surface area contributed by atoms with Crippen LogP contribution in [0.4, 0.5) is 0 Å². The minimum atomic E-state index is 0.536. The zero-order chi connectivity index (χ0) is 13.2. The molecule has 0 fully saturated rings. The fraction of sp³-hybridized carbons (Fsp3) is 0.294. The molecule has 1 unspecified atom stereocenters. The molecule has 1 N–H and O–H groups in total. The summed E-state index contributed by atoms with van der Waals surface area (Å²) in [5.41, 5.74) is 5.51. The third-order valence-corrected chi connectivity index (χ3v) is 4.01. The van der Waals surface area contributed by atoms with Crippen molar-refractivity contribution in [1.29, 1.82) is 0 Å². The van der Waals surface area contributed by atoms with Crippen LogP contribution >= 0.6 is 11.6 Å². The van der Waals surface area contributed by atoms with E-state index in [1.54, 1.807) is 0 Å². The second kappa shape index (κ2) is 5.36. The zero-order valence-electron chi connectivity index (χ0n) is 11.1. The van der Waals surface area contributed by atoms with Gasteiger partial charge >= 0.3 is 0 Å². The van der Waals surface area contributed by atoms with E-state index < -0.39 is 0 Å². The first-order valence-electron chi connectivity index (χ1n) is 6.77. The van der Waals surface area contributed by atoms with E-state index in [1.807, 2.05) is 6.07 Å². The number of halogens is 1. The predicted octanol–water partition coefficient (Wildman–Crippen LogP) is 3.91. The first-order valence-corrected chi connectivity index (χ1v) is 7.15. The Hall–Kier alpha value is -1.31. The van der Waals surface area contributed by atoms with Crippen molar-refractivity contribution >= 4 is 11.6 Å². The molecular weight excluding hydrogens is 254 g/mol. The fourth-order valence-electron chi connectivity index (χ4n) is 2.82. The van der Waals surface area contributed by atoms with Crippen molar-refractivity contribution in [2.45, 2.75) is 32.4 Å². The Morgan fingerprint density at radius 1 is 1.11 bits per heavy atom. The molecule has 0 bridgehead atoms. The van der Waals surface area contributed by atoms with Gasteiger partial charge in [0.15, 0.2) is 0 Å². The molecule has 0 aromatic heterocycles.